The molecule has 0 spiro atoms. The second-order valence-corrected chi connectivity index (χ2v) is 2.19. The number of rotatable bonds is 2. The Bertz CT molecular complexity index is 194. The normalized spacial score (nSPS) is 10.8. The first-order chi connectivity index (χ1) is 3.92. The monoisotopic (exact) mass is 155 g/mol. The first kappa shape index (κ1) is 8.14. The minimum absolute atomic E-state index is 1.14. The van der Waals surface area contributed by atoms with E-state index in [9.17, 15) is 13.2 Å². The highest BCUT2D eigenvalue weighted by Crippen LogP contribution is 1.72. The summed E-state index contributed by atoms with van der Waals surface area (Å²) in [6.07, 6.45) is 0. The lowest BCUT2D eigenvalue weighted by Gasteiger charge is -1.95. The van der Waals surface area contributed by atoms with Crippen LogP contribution in [0.1, 0.15) is 0 Å². The summed E-state index contributed by atoms with van der Waals surface area (Å²) < 4.78 is 23.2. The second-order valence-electron chi connectivity index (χ2n) is 1.04. The van der Waals surface area contributed by atoms with E-state index in [4.69, 9.17) is 0 Å². The predicted molar refractivity (Wildman–Crippen MR) is 26.9 cm³/mol. The van der Waals surface area contributed by atoms with Crippen molar-refractivity contribution in [3.8, 4) is 0 Å². The molecule has 0 aromatic carbocycles. The molecule has 0 aromatic heterocycles. The Labute approximate surface area is 51.2 Å². The van der Waals surface area contributed by atoms with E-state index in [2.05, 4.69) is 15.2 Å². The third kappa shape index (κ3) is 7.14. The van der Waals surface area contributed by atoms with Crippen LogP contribution in [0.4, 0.5) is 4.79 Å². The van der Waals surface area contributed by atoms with Crippen molar-refractivity contribution in [2.24, 2.45) is 10.9 Å². The first-order valence-corrected chi connectivity index (χ1v) is 3.15. The van der Waals surface area contributed by atoms with Crippen molar-refractivity contribution < 1.29 is 17.5 Å². The molecule has 54 valence electrons. The third-order valence-electron chi connectivity index (χ3n) is 0.258. The molecular weight excluding hydrogens is 150 g/mol. The molecule has 0 aliphatic rings. The van der Waals surface area contributed by atoms with Crippen LogP contribution in [0.2, 0.25) is 0 Å². The Morgan fingerprint density at radius 3 is 2.11 bits per heavy atom. The van der Waals surface area contributed by atoms with Crippen LogP contribution in [-0.4, -0.2) is 14.4 Å². The number of hydrogen-bond donors (Lipinski definition) is 3. The SMILES string of the molecule is NC(=O)NOS(N)(=O)=O. The van der Waals surface area contributed by atoms with E-state index >= 15 is 0 Å². The van der Waals surface area contributed by atoms with Gasteiger partial charge in [-0.05, 0) is 0 Å². The summed E-state index contributed by atoms with van der Waals surface area (Å²) >= 11 is 0. The highest BCUT2D eigenvalue weighted by atomic mass is 32.2. The molecule has 0 radical (unpaired) electrons. The van der Waals surface area contributed by atoms with Gasteiger partial charge in [0.15, 0.2) is 0 Å². The molecule has 2 amide bonds. The zero-order valence-electron chi connectivity index (χ0n) is 4.20. The Balaban J connectivity index is 3.67. The van der Waals surface area contributed by atoms with E-state index in [1.165, 1.54) is 5.48 Å². The number of carbonyl (C=O) groups is 1. The van der Waals surface area contributed by atoms with E-state index < -0.39 is 16.3 Å². The average Bonchev–Trinajstić information content (AvgIpc) is 1.59. The zero-order chi connectivity index (χ0) is 7.49. The smallest absolute Gasteiger partial charge is 0.350 e. The maximum Gasteiger partial charge on any atom is 0.354 e. The fourth-order valence-corrected chi connectivity index (χ4v) is 0.297. The van der Waals surface area contributed by atoms with Crippen LogP contribution < -0.4 is 16.4 Å². The number of nitrogens with two attached hydrogens (primary N) is 2. The second kappa shape index (κ2) is 2.62. The van der Waals surface area contributed by atoms with Gasteiger partial charge in [0.25, 0.3) is 0 Å². The Morgan fingerprint density at radius 2 is 2.00 bits per heavy atom. The number of hydroxylamine groups is 1. The number of primary amides is 1. The Kier molecular flexibility index (Phi) is 2.37. The molecule has 5 N–H and O–H groups in total. The molecule has 0 unspecified atom stereocenters. The van der Waals surface area contributed by atoms with Gasteiger partial charge in [-0.25, -0.2) is 9.93 Å². The fraction of sp³-hybridized carbons (Fsp3) is 0. The van der Waals surface area contributed by atoms with Crippen LogP contribution in [0.5, 0.6) is 0 Å². The Morgan fingerprint density at radius 1 is 1.56 bits per heavy atom. The molecule has 0 saturated carbocycles. The van der Waals surface area contributed by atoms with E-state index in [0.717, 1.165) is 0 Å². The van der Waals surface area contributed by atoms with Crippen molar-refractivity contribution in [2.75, 3.05) is 0 Å². The molecule has 0 atom stereocenters. The maximum atomic E-state index is 9.82. The van der Waals surface area contributed by atoms with Crippen molar-refractivity contribution >= 4 is 16.3 Å². The lowest BCUT2D eigenvalue weighted by atomic mass is 11.2. The van der Waals surface area contributed by atoms with Crippen LogP contribution in [0.3, 0.4) is 0 Å². The van der Waals surface area contributed by atoms with E-state index in [-0.39, 0.29) is 0 Å². The van der Waals surface area contributed by atoms with Gasteiger partial charge in [-0.1, -0.05) is 0 Å². The maximum absolute atomic E-state index is 9.82. The quantitative estimate of drug-likeness (QED) is 0.391. The molecule has 7 nitrogen and oxygen atoms in total. The zero-order valence-corrected chi connectivity index (χ0v) is 5.01. The highest BCUT2D eigenvalue weighted by Gasteiger charge is 2.01. The summed E-state index contributed by atoms with van der Waals surface area (Å²) in [4.78, 5) is 9.71. The lowest BCUT2D eigenvalue weighted by molar-refractivity contribution is 0.189. The molecule has 0 bridgehead atoms. The van der Waals surface area contributed by atoms with Crippen molar-refractivity contribution in [3.63, 3.8) is 0 Å². The Hall–Kier alpha value is -0.860. The van der Waals surface area contributed by atoms with Crippen molar-refractivity contribution in [1.29, 1.82) is 0 Å². The number of urea groups is 1. The number of carbonyl (C=O) groups excluding carboxylic acids is 1. The molecule has 8 heteroatoms. The van der Waals surface area contributed by atoms with Crippen molar-refractivity contribution in [3.05, 3.63) is 0 Å². The third-order valence-corrected chi connectivity index (χ3v) is 0.574. The van der Waals surface area contributed by atoms with Crippen molar-refractivity contribution in [2.45, 2.75) is 0 Å². The molecular formula is CH5N3O4S. The van der Waals surface area contributed by atoms with Crippen LogP contribution in [0, 0.1) is 0 Å². The number of nitrogens with one attached hydrogen (secondary N) is 1. The molecule has 0 aromatic rings. The number of hydrogen-bond acceptors (Lipinski definition) is 4. The molecule has 0 saturated heterocycles. The van der Waals surface area contributed by atoms with Crippen LogP contribution in [0.15, 0.2) is 0 Å². The standard InChI is InChI=1S/CH5N3O4S/c2-1(5)4-8-9(3,6)7/h(H3,2,4,5)(H2,3,6,7). The summed E-state index contributed by atoms with van der Waals surface area (Å²) in [5.41, 5.74) is 5.72. The molecule has 0 rings (SSSR count). The van der Waals surface area contributed by atoms with Gasteiger partial charge >= 0.3 is 16.3 Å². The van der Waals surface area contributed by atoms with Gasteiger partial charge in [0.2, 0.25) is 0 Å². The van der Waals surface area contributed by atoms with E-state index in [1.54, 1.807) is 0 Å². The summed E-state index contributed by atoms with van der Waals surface area (Å²) in [6, 6.07) is -1.14. The van der Waals surface area contributed by atoms with Crippen LogP contribution >= 0.6 is 0 Å². The van der Waals surface area contributed by atoms with Crippen LogP contribution in [0.25, 0.3) is 0 Å². The predicted octanol–water partition coefficient (Wildman–Crippen LogP) is -2.21. The molecule has 9 heavy (non-hydrogen) atoms. The van der Waals surface area contributed by atoms with Gasteiger partial charge in [0.05, 0.1) is 0 Å². The number of amides is 2. The van der Waals surface area contributed by atoms with Gasteiger partial charge in [0, 0.05) is 0 Å². The lowest BCUT2D eigenvalue weighted by Crippen LogP contribution is -2.34. The topological polar surface area (TPSA) is 125 Å². The largest absolute Gasteiger partial charge is 0.354 e. The van der Waals surface area contributed by atoms with E-state index in [0.29, 0.717) is 0 Å². The van der Waals surface area contributed by atoms with Crippen LogP contribution in [-0.2, 0) is 14.6 Å². The highest BCUT2D eigenvalue weighted by molar-refractivity contribution is 7.84. The minimum Gasteiger partial charge on any atom is -0.350 e. The molecule has 0 heterocycles. The summed E-state index contributed by atoms with van der Waals surface area (Å²) in [6.45, 7) is 0. The summed E-state index contributed by atoms with van der Waals surface area (Å²) in [5, 5.41) is 4.26. The van der Waals surface area contributed by atoms with Gasteiger partial charge in [-0.2, -0.15) is 13.9 Å². The van der Waals surface area contributed by atoms with Gasteiger partial charge in [-0.3, -0.25) is 0 Å². The summed E-state index contributed by atoms with van der Waals surface area (Å²) in [5.74, 6) is 0. The van der Waals surface area contributed by atoms with Gasteiger partial charge in [-0.15, -0.1) is 4.28 Å². The van der Waals surface area contributed by atoms with Gasteiger partial charge in [0.1, 0.15) is 0 Å². The molecule has 0 aliphatic carbocycles. The molecule has 0 aliphatic heterocycles. The van der Waals surface area contributed by atoms with E-state index in [1.807, 2.05) is 0 Å². The molecule has 0 fully saturated rings. The fourth-order valence-electron chi connectivity index (χ4n) is 0.0991. The van der Waals surface area contributed by atoms with Crippen molar-refractivity contribution in [1.82, 2.24) is 5.48 Å². The van der Waals surface area contributed by atoms with Gasteiger partial charge < -0.3 is 5.73 Å². The summed E-state index contributed by atoms with van der Waals surface area (Å²) in [7, 11) is -4.13. The average molecular weight is 155 g/mol. The minimum atomic E-state index is -4.13. The first-order valence-electron chi connectivity index (χ1n) is 1.68.